The van der Waals surface area contributed by atoms with Crippen LogP contribution in [-0.2, 0) is 47.4 Å². The van der Waals surface area contributed by atoms with Gasteiger partial charge in [0.1, 0.15) is 91.6 Å². The molecule has 0 amide bonds. The molecule has 0 aromatic rings. The number of rotatable bonds is 11. The van der Waals surface area contributed by atoms with Gasteiger partial charge in [0, 0.05) is 12.3 Å². The van der Waals surface area contributed by atoms with Crippen molar-refractivity contribution in [3.63, 3.8) is 0 Å². The Balaban J connectivity index is 0.834. The summed E-state index contributed by atoms with van der Waals surface area (Å²) in [6, 6.07) is 0. The number of ether oxygens (including phenoxy) is 10. The summed E-state index contributed by atoms with van der Waals surface area (Å²) in [5.41, 5.74) is -0.460. The number of aliphatic hydroxyl groups excluding tert-OH is 14. The molecule has 33 atom stereocenters. The van der Waals surface area contributed by atoms with Crippen molar-refractivity contribution in [1.29, 1.82) is 0 Å². The van der Waals surface area contributed by atoms with Crippen molar-refractivity contribution in [2.24, 2.45) is 52.3 Å². The highest BCUT2D eigenvalue weighted by Crippen LogP contribution is 2.71. The Hall–Kier alpha value is -0.960. The van der Waals surface area contributed by atoms with Crippen molar-refractivity contribution in [3.8, 4) is 0 Å². The minimum atomic E-state index is -2.04. The van der Waals surface area contributed by atoms with Crippen molar-refractivity contribution in [2.45, 2.75) is 226 Å². The lowest BCUT2D eigenvalue weighted by Crippen LogP contribution is -2.68. The molecule has 0 aromatic heterocycles. The maximum absolute atomic E-state index is 12.1. The summed E-state index contributed by atoms with van der Waals surface area (Å²) >= 11 is 0. The van der Waals surface area contributed by atoms with Crippen LogP contribution in [0.25, 0.3) is 0 Å². The maximum atomic E-state index is 12.1. The molecule has 426 valence electrons. The molecule has 14 N–H and O–H groups in total. The number of fused-ring (bicyclic) bond motifs is 7. The third-order valence-electron chi connectivity index (χ3n) is 20.0. The largest absolute Gasteiger partial charge is 0.394 e. The summed E-state index contributed by atoms with van der Waals surface area (Å²) < 4.78 is 60.9. The zero-order valence-corrected chi connectivity index (χ0v) is 42.4. The van der Waals surface area contributed by atoms with Crippen LogP contribution < -0.4 is 0 Å². The summed E-state index contributed by atoms with van der Waals surface area (Å²) in [4.78, 5) is 0. The van der Waals surface area contributed by atoms with Crippen molar-refractivity contribution in [1.82, 2.24) is 0 Å². The van der Waals surface area contributed by atoms with Crippen molar-refractivity contribution < 1.29 is 119 Å². The molecule has 1 spiro atoms. The fraction of sp³-hybridized carbons (Fsp3) is 1.00. The molecule has 24 nitrogen and oxygen atoms in total. The van der Waals surface area contributed by atoms with Gasteiger partial charge >= 0.3 is 0 Å². The highest BCUT2D eigenvalue weighted by molar-refractivity contribution is 5.17. The second-order valence-electron chi connectivity index (χ2n) is 24.2. The van der Waals surface area contributed by atoms with E-state index in [0.717, 1.165) is 32.1 Å². The van der Waals surface area contributed by atoms with E-state index in [1.165, 1.54) is 0 Å². The lowest BCUT2D eigenvalue weighted by molar-refractivity contribution is -0.404. The van der Waals surface area contributed by atoms with Gasteiger partial charge in [-0.05, 0) is 91.3 Å². The normalized spacial score (nSPS) is 58.6. The van der Waals surface area contributed by atoms with Crippen LogP contribution in [0.15, 0.2) is 0 Å². The highest BCUT2D eigenvalue weighted by Gasteiger charge is 2.70. The molecule has 10 rings (SSSR count). The van der Waals surface area contributed by atoms with Crippen LogP contribution in [-0.4, -0.2) is 251 Å². The van der Waals surface area contributed by atoms with E-state index in [2.05, 4.69) is 27.7 Å². The first-order valence-electron chi connectivity index (χ1n) is 26.9. The second kappa shape index (κ2) is 21.5. The molecule has 24 heteroatoms. The van der Waals surface area contributed by atoms with Gasteiger partial charge in [0.2, 0.25) is 0 Å². The maximum Gasteiger partial charge on any atom is 0.187 e. The van der Waals surface area contributed by atoms with Crippen molar-refractivity contribution in [2.75, 3.05) is 33.0 Å². The average molecular weight is 1070 g/mol. The lowest BCUT2D eigenvalue weighted by atomic mass is 9.43. The molecule has 2 unspecified atom stereocenters. The van der Waals surface area contributed by atoms with E-state index in [1.807, 2.05) is 0 Å². The van der Waals surface area contributed by atoms with Gasteiger partial charge in [-0.2, -0.15) is 0 Å². The zero-order valence-electron chi connectivity index (χ0n) is 42.4. The average Bonchev–Trinajstić information content (AvgIpc) is 3.82. The Kier molecular flexibility index (Phi) is 16.4. The molecule has 4 aliphatic carbocycles. The molecule has 74 heavy (non-hydrogen) atoms. The Morgan fingerprint density at radius 3 is 1.81 bits per heavy atom. The van der Waals surface area contributed by atoms with Gasteiger partial charge < -0.3 is 119 Å². The number of hydrogen-bond acceptors (Lipinski definition) is 24. The standard InChI is InChI=1S/C50H82O24/c1-18-5-8-50(66-16-18)19(2)32-28(74-50)10-22-20-9-24(54)23-11-27(25(55)12-49(23,4)21(20)6-7-48(22,32)3)67-45-40(64)37(61)41(31(15-53)70-45)71-47-43(73-46-39(63)36(60)34(58)29(13-51)68-46)42(35(59)30(14-52)69-47)72-44-38(62)33(57)26(56)17-65-44/h18-47,51-64H,5-17H2,1-4H3/t18-,19+,20-,21+,22+,23-,24+,25-,26-,27-,28?,29-,30-,31-,32?,33+,34-,35-,36+,37-,38-,39-,40-,41+,42+,43-,44+,45-,46+,47+,48+,49-,50-/m1/s1. The van der Waals surface area contributed by atoms with E-state index in [1.54, 1.807) is 0 Å². The van der Waals surface area contributed by atoms with Crippen LogP contribution in [0.2, 0.25) is 0 Å². The van der Waals surface area contributed by atoms with E-state index < -0.39 is 173 Å². The Labute approximate surface area is 429 Å². The molecular weight excluding hydrogens is 985 g/mol. The van der Waals surface area contributed by atoms with Crippen LogP contribution in [0, 0.1) is 52.3 Å². The van der Waals surface area contributed by atoms with E-state index in [0.29, 0.717) is 30.8 Å². The summed E-state index contributed by atoms with van der Waals surface area (Å²) in [6.45, 7) is 6.60. The van der Waals surface area contributed by atoms with E-state index in [-0.39, 0.29) is 48.0 Å². The molecular formula is C50H82O24. The lowest BCUT2D eigenvalue weighted by Gasteiger charge is -2.63. The molecule has 6 aliphatic heterocycles. The van der Waals surface area contributed by atoms with Crippen LogP contribution in [0.3, 0.4) is 0 Å². The Bertz CT molecular complexity index is 1900. The van der Waals surface area contributed by atoms with Gasteiger partial charge in [0.25, 0.3) is 0 Å². The summed E-state index contributed by atoms with van der Waals surface area (Å²) in [6.07, 6.45) is -31.1. The predicted octanol–water partition coefficient (Wildman–Crippen LogP) is -4.33. The van der Waals surface area contributed by atoms with E-state index in [9.17, 15) is 71.5 Å². The van der Waals surface area contributed by atoms with Crippen molar-refractivity contribution >= 4 is 0 Å². The Morgan fingerprint density at radius 2 is 1.12 bits per heavy atom. The van der Waals surface area contributed by atoms with Gasteiger partial charge in [0.05, 0.1) is 57.5 Å². The Morgan fingerprint density at radius 1 is 0.500 bits per heavy atom. The summed E-state index contributed by atoms with van der Waals surface area (Å²) in [5, 5.41) is 153. The highest BCUT2D eigenvalue weighted by atomic mass is 16.8. The van der Waals surface area contributed by atoms with Crippen LogP contribution in [0.4, 0.5) is 0 Å². The van der Waals surface area contributed by atoms with Gasteiger partial charge in [-0.15, -0.1) is 0 Å². The number of hydrogen-bond donors (Lipinski definition) is 14. The first-order chi connectivity index (χ1) is 35.1. The molecule has 6 heterocycles. The van der Waals surface area contributed by atoms with Crippen LogP contribution >= 0.6 is 0 Å². The molecule has 10 fully saturated rings. The molecule has 0 aromatic carbocycles. The minimum Gasteiger partial charge on any atom is -0.394 e. The second-order valence-corrected chi connectivity index (χ2v) is 24.2. The van der Waals surface area contributed by atoms with Gasteiger partial charge in [0.15, 0.2) is 30.9 Å². The van der Waals surface area contributed by atoms with Crippen LogP contribution in [0.1, 0.15) is 79.1 Å². The fourth-order valence-corrected chi connectivity index (χ4v) is 16.0. The van der Waals surface area contributed by atoms with Crippen LogP contribution in [0.5, 0.6) is 0 Å². The molecule has 4 saturated carbocycles. The van der Waals surface area contributed by atoms with Gasteiger partial charge in [-0.25, -0.2) is 0 Å². The quantitative estimate of drug-likeness (QED) is 0.0870. The summed E-state index contributed by atoms with van der Waals surface area (Å²) in [5.74, 6) is 0.989. The first kappa shape index (κ1) is 56.3. The van der Waals surface area contributed by atoms with Gasteiger partial charge in [-0.3, -0.25) is 0 Å². The van der Waals surface area contributed by atoms with Gasteiger partial charge in [-0.1, -0.05) is 27.7 Å². The summed E-state index contributed by atoms with van der Waals surface area (Å²) in [7, 11) is 0. The predicted molar refractivity (Wildman–Crippen MR) is 245 cm³/mol. The third-order valence-corrected chi connectivity index (χ3v) is 20.0. The zero-order chi connectivity index (χ0) is 53.1. The number of aliphatic hydroxyl groups is 14. The first-order valence-corrected chi connectivity index (χ1v) is 26.9. The molecule has 0 radical (unpaired) electrons. The fourth-order valence-electron chi connectivity index (χ4n) is 16.0. The molecule has 0 bridgehead atoms. The SMILES string of the molecule is C[C@@H]1CC[C@@]2(OC1)OC1C[C@H]3[C@@H]4C[C@H](O)[C@H]5C[C@@H](O[C@@H]6O[C@H](CO)[C@H](O[C@@H]7O[C@H](CO)[C@@H](O)[C@H](O[C@@H]8OC[C@@H](O)[C@H](O)[C@H]8O)[C@H]7O[C@@H]7O[C@H](CO)[C@@H](O)[C@H](O)[C@H]7O)[C@H](O)[C@H]6O)[C@H](O)C[C@]5(C)[C@H]4CC[C@]3(C)C1[C@@H]2C. The topological polar surface area (TPSA) is 376 Å². The van der Waals surface area contributed by atoms with Crippen molar-refractivity contribution in [3.05, 3.63) is 0 Å². The minimum absolute atomic E-state index is 0.00497. The van der Waals surface area contributed by atoms with E-state index in [4.69, 9.17) is 47.4 Å². The third kappa shape index (κ3) is 9.45. The van der Waals surface area contributed by atoms with E-state index >= 15 is 0 Å². The molecule has 6 saturated heterocycles. The molecule has 10 aliphatic rings. The monoisotopic (exact) mass is 1070 g/mol. The smallest absolute Gasteiger partial charge is 0.187 e.